The third kappa shape index (κ3) is 3.99. The van der Waals surface area contributed by atoms with Gasteiger partial charge in [0.05, 0.1) is 19.5 Å². The monoisotopic (exact) mass is 408 g/mol. The number of benzene rings is 1. The predicted molar refractivity (Wildman–Crippen MR) is 114 cm³/mol. The summed E-state index contributed by atoms with van der Waals surface area (Å²) >= 11 is 0. The summed E-state index contributed by atoms with van der Waals surface area (Å²) in [5.41, 5.74) is 0.645. The minimum absolute atomic E-state index is 0.340. The highest BCUT2D eigenvalue weighted by atomic mass is 16.5. The number of morpholine rings is 1. The normalized spacial score (nSPS) is 14.5. The fourth-order valence-corrected chi connectivity index (χ4v) is 3.32. The Kier molecular flexibility index (Phi) is 5.41. The van der Waals surface area contributed by atoms with E-state index in [0.29, 0.717) is 30.4 Å². The highest BCUT2D eigenvalue weighted by Gasteiger charge is 2.32. The zero-order valence-corrected chi connectivity index (χ0v) is 17.0. The molecule has 0 aliphatic carbocycles. The van der Waals surface area contributed by atoms with Gasteiger partial charge in [-0.05, 0) is 56.3 Å². The van der Waals surface area contributed by atoms with Gasteiger partial charge in [-0.3, -0.25) is 9.59 Å². The lowest BCUT2D eigenvalue weighted by Crippen LogP contribution is -2.47. The van der Waals surface area contributed by atoms with E-state index in [4.69, 9.17) is 9.15 Å². The van der Waals surface area contributed by atoms with Crippen LogP contribution in [0, 0.1) is 0 Å². The van der Waals surface area contributed by atoms with Gasteiger partial charge in [0.2, 0.25) is 0 Å². The largest absolute Gasteiger partial charge is 0.463 e. The van der Waals surface area contributed by atoms with Crippen molar-refractivity contribution in [3.05, 3.63) is 65.1 Å². The molecular weight excluding hydrogens is 384 g/mol. The first-order valence-electron chi connectivity index (χ1n) is 9.84. The van der Waals surface area contributed by atoms with Gasteiger partial charge in [0.1, 0.15) is 11.2 Å². The molecule has 30 heavy (non-hydrogen) atoms. The van der Waals surface area contributed by atoms with Crippen molar-refractivity contribution in [3.63, 3.8) is 0 Å². The minimum Gasteiger partial charge on any atom is -0.463 e. The van der Waals surface area contributed by atoms with Crippen molar-refractivity contribution in [2.75, 3.05) is 36.5 Å². The lowest BCUT2D eigenvalue weighted by molar-refractivity contribution is -0.123. The number of hydrogen-bond acceptors (Lipinski definition) is 6. The van der Waals surface area contributed by atoms with Crippen molar-refractivity contribution in [2.45, 2.75) is 19.4 Å². The molecule has 0 unspecified atom stereocenters. The van der Waals surface area contributed by atoms with Gasteiger partial charge in [-0.2, -0.15) is 5.10 Å². The lowest BCUT2D eigenvalue weighted by atomic mass is 10.0. The first kappa shape index (κ1) is 19.9. The zero-order chi connectivity index (χ0) is 21.1. The number of nitrogens with one attached hydrogen (secondary N) is 1. The van der Waals surface area contributed by atoms with E-state index in [1.54, 1.807) is 32.0 Å². The van der Waals surface area contributed by atoms with E-state index < -0.39 is 5.54 Å². The van der Waals surface area contributed by atoms with Crippen LogP contribution in [0.15, 0.2) is 64.0 Å². The van der Waals surface area contributed by atoms with Crippen LogP contribution in [0.1, 0.15) is 13.8 Å². The Morgan fingerprint density at radius 3 is 2.47 bits per heavy atom. The number of anilines is 2. The summed E-state index contributed by atoms with van der Waals surface area (Å²) in [5, 5.41) is 7.24. The van der Waals surface area contributed by atoms with Crippen LogP contribution < -0.4 is 15.8 Å². The van der Waals surface area contributed by atoms with Crippen LogP contribution in [-0.4, -0.2) is 42.0 Å². The highest BCUT2D eigenvalue weighted by Crippen LogP contribution is 2.22. The quantitative estimate of drug-likeness (QED) is 0.698. The third-order valence-electron chi connectivity index (χ3n) is 5.16. The average Bonchev–Trinajstić information content (AvgIpc) is 3.30. The van der Waals surface area contributed by atoms with Crippen LogP contribution in [0.3, 0.4) is 0 Å². The molecule has 1 amide bonds. The Labute approximate surface area is 174 Å². The molecule has 1 aliphatic rings. The molecule has 8 nitrogen and oxygen atoms in total. The van der Waals surface area contributed by atoms with Crippen molar-refractivity contribution >= 4 is 17.3 Å². The molecule has 0 saturated carbocycles. The van der Waals surface area contributed by atoms with Crippen LogP contribution in [0.2, 0.25) is 0 Å². The number of nitrogens with zero attached hydrogens (tertiary/aromatic N) is 3. The van der Waals surface area contributed by atoms with Crippen LogP contribution in [0.5, 0.6) is 0 Å². The molecule has 2 aromatic heterocycles. The summed E-state index contributed by atoms with van der Waals surface area (Å²) in [6.45, 7) is 6.44. The van der Waals surface area contributed by atoms with Gasteiger partial charge in [0, 0.05) is 30.5 Å². The van der Waals surface area contributed by atoms with Gasteiger partial charge in [-0.15, -0.1) is 0 Å². The maximum absolute atomic E-state index is 13.0. The summed E-state index contributed by atoms with van der Waals surface area (Å²) in [5.74, 6) is 0.187. The summed E-state index contributed by atoms with van der Waals surface area (Å²) < 4.78 is 11.9. The number of ether oxygens (including phenoxy) is 1. The summed E-state index contributed by atoms with van der Waals surface area (Å²) in [6.07, 6.45) is 1.53. The number of carbonyl (C=O) groups is 1. The van der Waals surface area contributed by atoms with E-state index in [0.717, 1.165) is 18.8 Å². The maximum atomic E-state index is 13.0. The Balaban J connectivity index is 1.52. The molecule has 3 aromatic rings. The number of aromatic nitrogens is 2. The number of amides is 1. The van der Waals surface area contributed by atoms with Gasteiger partial charge in [0.25, 0.3) is 11.5 Å². The summed E-state index contributed by atoms with van der Waals surface area (Å²) in [4.78, 5) is 27.7. The summed E-state index contributed by atoms with van der Waals surface area (Å²) in [7, 11) is 0. The van der Waals surface area contributed by atoms with Crippen molar-refractivity contribution in [3.8, 4) is 11.5 Å². The number of hydrogen-bond donors (Lipinski definition) is 1. The molecule has 1 fully saturated rings. The Bertz CT molecular complexity index is 1070. The lowest BCUT2D eigenvalue weighted by Gasteiger charge is -2.29. The second-order valence-electron chi connectivity index (χ2n) is 7.61. The fraction of sp³-hybridized carbons (Fsp3) is 0.318. The molecule has 3 heterocycles. The average molecular weight is 408 g/mol. The standard InChI is InChI=1S/C22H24N4O4/c1-22(2,26-20(27)10-9-18(24-26)19-4-3-13-30-19)21(28)23-16-5-7-17(8-6-16)25-11-14-29-15-12-25/h3-10,13H,11-12,14-15H2,1-2H3,(H,23,28). The Hall–Kier alpha value is -3.39. The highest BCUT2D eigenvalue weighted by molar-refractivity contribution is 5.96. The van der Waals surface area contributed by atoms with Crippen LogP contribution in [-0.2, 0) is 15.1 Å². The molecule has 4 rings (SSSR count). The van der Waals surface area contributed by atoms with Gasteiger partial charge < -0.3 is 19.4 Å². The first-order valence-corrected chi connectivity index (χ1v) is 9.84. The van der Waals surface area contributed by atoms with E-state index in [1.165, 1.54) is 17.0 Å². The molecule has 1 aromatic carbocycles. The van der Waals surface area contributed by atoms with E-state index in [9.17, 15) is 9.59 Å². The second-order valence-corrected chi connectivity index (χ2v) is 7.61. The van der Waals surface area contributed by atoms with Crippen LogP contribution in [0.4, 0.5) is 11.4 Å². The molecule has 0 radical (unpaired) electrons. The van der Waals surface area contributed by atoms with Gasteiger partial charge in [-0.1, -0.05) is 0 Å². The minimum atomic E-state index is -1.21. The smallest absolute Gasteiger partial charge is 0.267 e. The first-order chi connectivity index (χ1) is 14.4. The van der Waals surface area contributed by atoms with Crippen molar-refractivity contribution in [2.24, 2.45) is 0 Å². The molecule has 8 heteroatoms. The van der Waals surface area contributed by atoms with E-state index in [1.807, 2.05) is 24.3 Å². The number of rotatable bonds is 5. The summed E-state index contributed by atoms with van der Waals surface area (Å²) in [6, 6.07) is 14.1. The van der Waals surface area contributed by atoms with Crippen molar-refractivity contribution in [1.29, 1.82) is 0 Å². The van der Waals surface area contributed by atoms with Gasteiger partial charge in [0.15, 0.2) is 5.76 Å². The third-order valence-corrected chi connectivity index (χ3v) is 5.16. The Morgan fingerprint density at radius 2 is 1.80 bits per heavy atom. The molecule has 156 valence electrons. The molecule has 0 atom stereocenters. The van der Waals surface area contributed by atoms with E-state index in [2.05, 4.69) is 15.3 Å². The Morgan fingerprint density at radius 1 is 1.07 bits per heavy atom. The molecule has 0 spiro atoms. The molecule has 1 saturated heterocycles. The SMILES string of the molecule is CC(C)(C(=O)Nc1ccc(N2CCOCC2)cc1)n1nc(-c2ccco2)ccc1=O. The molecular formula is C22H24N4O4. The molecule has 0 bridgehead atoms. The van der Waals surface area contributed by atoms with Gasteiger partial charge >= 0.3 is 0 Å². The maximum Gasteiger partial charge on any atom is 0.267 e. The number of carbonyl (C=O) groups excluding carboxylic acids is 1. The zero-order valence-electron chi connectivity index (χ0n) is 17.0. The molecule has 1 N–H and O–H groups in total. The van der Waals surface area contributed by atoms with Crippen LogP contribution in [0.25, 0.3) is 11.5 Å². The molecule has 1 aliphatic heterocycles. The van der Waals surface area contributed by atoms with E-state index in [-0.39, 0.29) is 11.5 Å². The van der Waals surface area contributed by atoms with Crippen molar-refractivity contribution < 1.29 is 13.9 Å². The topological polar surface area (TPSA) is 89.6 Å². The predicted octanol–water partition coefficient (Wildman–Crippen LogP) is 2.71. The second kappa shape index (κ2) is 8.16. The van der Waals surface area contributed by atoms with Crippen molar-refractivity contribution in [1.82, 2.24) is 9.78 Å². The van der Waals surface area contributed by atoms with Gasteiger partial charge in [-0.25, -0.2) is 4.68 Å². The van der Waals surface area contributed by atoms with E-state index >= 15 is 0 Å². The fourth-order valence-electron chi connectivity index (χ4n) is 3.32. The van der Waals surface area contributed by atoms with Crippen LogP contribution >= 0.6 is 0 Å². The number of furan rings is 1.